The Morgan fingerprint density at radius 3 is 2.81 bits per heavy atom. The molecule has 0 aliphatic heterocycles. The van der Waals surface area contributed by atoms with Crippen LogP contribution in [0, 0.1) is 5.92 Å². The Bertz CT molecular complexity index is 532. The normalized spacial score (nSPS) is 13.5. The average molecular weight is 415 g/mol. The lowest BCUT2D eigenvalue weighted by Crippen LogP contribution is -2.29. The first kappa shape index (κ1) is 19.4. The zero-order valence-electron chi connectivity index (χ0n) is 12.6. The van der Waals surface area contributed by atoms with Crippen molar-refractivity contribution in [3.8, 4) is 0 Å². The van der Waals surface area contributed by atoms with E-state index in [0.29, 0.717) is 27.7 Å². The molecule has 0 spiro atoms. The van der Waals surface area contributed by atoms with Crippen LogP contribution in [0.3, 0.4) is 0 Å². The van der Waals surface area contributed by atoms with Gasteiger partial charge < -0.3 is 5.32 Å². The van der Waals surface area contributed by atoms with Crippen LogP contribution in [-0.2, 0) is 16.6 Å². The standard InChI is InChI=1S/C13H23BrN2O2S3/c1-4-5-15-8-11-6-12(13(14)20-11)21(17,18)16-7-10(2)9-19-3/h6,10,15-16H,4-5,7-9H2,1-3H3. The van der Waals surface area contributed by atoms with E-state index in [1.165, 1.54) is 11.3 Å². The molecule has 1 aromatic rings. The SMILES string of the molecule is CCCNCc1cc(S(=O)(=O)NCC(C)CSC)c(Br)s1. The van der Waals surface area contributed by atoms with Gasteiger partial charge in [0.05, 0.1) is 3.79 Å². The maximum absolute atomic E-state index is 12.3. The number of hydrogen-bond acceptors (Lipinski definition) is 5. The fraction of sp³-hybridized carbons (Fsp3) is 0.692. The molecule has 2 N–H and O–H groups in total. The summed E-state index contributed by atoms with van der Waals surface area (Å²) in [6.07, 6.45) is 3.09. The minimum absolute atomic E-state index is 0.317. The summed E-state index contributed by atoms with van der Waals surface area (Å²) in [5.74, 6) is 1.26. The van der Waals surface area contributed by atoms with Gasteiger partial charge in [-0.2, -0.15) is 11.8 Å². The average Bonchev–Trinajstić information content (AvgIpc) is 2.79. The van der Waals surface area contributed by atoms with Gasteiger partial charge >= 0.3 is 0 Å². The van der Waals surface area contributed by atoms with E-state index in [1.54, 1.807) is 17.8 Å². The van der Waals surface area contributed by atoms with Crippen molar-refractivity contribution >= 4 is 49.1 Å². The second-order valence-electron chi connectivity index (χ2n) is 4.94. The first-order valence-corrected chi connectivity index (χ1v) is 11.4. The second-order valence-corrected chi connectivity index (χ2v) is 10.0. The van der Waals surface area contributed by atoms with E-state index >= 15 is 0 Å². The third-order valence-corrected chi connectivity index (χ3v) is 7.37. The molecule has 122 valence electrons. The van der Waals surface area contributed by atoms with Crippen LogP contribution in [0.4, 0.5) is 0 Å². The van der Waals surface area contributed by atoms with E-state index < -0.39 is 10.0 Å². The molecule has 0 aliphatic carbocycles. The third-order valence-electron chi connectivity index (χ3n) is 2.80. The van der Waals surface area contributed by atoms with Crippen LogP contribution in [0.15, 0.2) is 14.7 Å². The smallest absolute Gasteiger partial charge is 0.242 e. The van der Waals surface area contributed by atoms with E-state index in [9.17, 15) is 8.42 Å². The van der Waals surface area contributed by atoms with E-state index in [1.807, 2.05) is 13.2 Å². The molecule has 1 rings (SSSR count). The van der Waals surface area contributed by atoms with Crippen molar-refractivity contribution < 1.29 is 8.42 Å². The maximum Gasteiger partial charge on any atom is 0.242 e. The quantitative estimate of drug-likeness (QED) is 0.576. The van der Waals surface area contributed by atoms with Gasteiger partial charge in [0.2, 0.25) is 10.0 Å². The highest BCUT2D eigenvalue weighted by Crippen LogP contribution is 2.31. The molecule has 4 nitrogen and oxygen atoms in total. The van der Waals surface area contributed by atoms with Gasteiger partial charge in [-0.25, -0.2) is 13.1 Å². The second kappa shape index (κ2) is 9.52. The van der Waals surface area contributed by atoms with E-state index in [2.05, 4.69) is 32.9 Å². The van der Waals surface area contributed by atoms with Crippen LogP contribution >= 0.6 is 39.0 Å². The molecule has 21 heavy (non-hydrogen) atoms. The summed E-state index contributed by atoms with van der Waals surface area (Å²) in [6.45, 7) is 6.25. The van der Waals surface area contributed by atoms with Gasteiger partial charge in [-0.15, -0.1) is 11.3 Å². The van der Waals surface area contributed by atoms with Gasteiger partial charge in [-0.1, -0.05) is 13.8 Å². The minimum atomic E-state index is -3.44. The molecule has 0 aliphatic rings. The van der Waals surface area contributed by atoms with E-state index in [4.69, 9.17) is 0 Å². The summed E-state index contributed by atoms with van der Waals surface area (Å²) in [6, 6.07) is 1.75. The number of halogens is 1. The van der Waals surface area contributed by atoms with Crippen LogP contribution in [0.25, 0.3) is 0 Å². The fourth-order valence-corrected chi connectivity index (χ4v) is 6.23. The Morgan fingerprint density at radius 1 is 1.48 bits per heavy atom. The summed E-state index contributed by atoms with van der Waals surface area (Å²) >= 11 is 6.56. The van der Waals surface area contributed by atoms with Gasteiger partial charge in [-0.05, 0) is 52.9 Å². The van der Waals surface area contributed by atoms with Gasteiger partial charge in [-0.3, -0.25) is 0 Å². The maximum atomic E-state index is 12.3. The highest BCUT2D eigenvalue weighted by atomic mass is 79.9. The number of nitrogens with one attached hydrogen (secondary N) is 2. The zero-order chi connectivity index (χ0) is 15.9. The summed E-state index contributed by atoms with van der Waals surface area (Å²) in [5, 5.41) is 3.28. The predicted molar refractivity (Wildman–Crippen MR) is 96.8 cm³/mol. The Balaban J connectivity index is 2.69. The van der Waals surface area contributed by atoms with Crippen LogP contribution in [0.2, 0.25) is 0 Å². The summed E-state index contributed by atoms with van der Waals surface area (Å²) in [7, 11) is -3.44. The van der Waals surface area contributed by atoms with Crippen molar-refractivity contribution in [2.24, 2.45) is 5.92 Å². The lowest BCUT2D eigenvalue weighted by molar-refractivity contribution is 0.562. The number of rotatable bonds is 10. The molecule has 1 heterocycles. The first-order valence-electron chi connectivity index (χ1n) is 6.88. The molecule has 0 amide bonds. The molecule has 0 saturated carbocycles. The van der Waals surface area contributed by atoms with Crippen molar-refractivity contribution in [1.29, 1.82) is 0 Å². The lowest BCUT2D eigenvalue weighted by atomic mass is 10.2. The first-order chi connectivity index (χ1) is 9.90. The zero-order valence-corrected chi connectivity index (χ0v) is 16.6. The third kappa shape index (κ3) is 6.58. The Morgan fingerprint density at radius 2 is 2.19 bits per heavy atom. The summed E-state index contributed by atoms with van der Waals surface area (Å²) < 4.78 is 28.1. The van der Waals surface area contributed by atoms with Crippen LogP contribution in [-0.4, -0.2) is 33.5 Å². The van der Waals surface area contributed by atoms with Crippen LogP contribution in [0.5, 0.6) is 0 Å². The molecule has 0 radical (unpaired) electrons. The van der Waals surface area contributed by atoms with Crippen molar-refractivity contribution in [1.82, 2.24) is 10.0 Å². The molecule has 0 bridgehead atoms. The van der Waals surface area contributed by atoms with Gasteiger partial charge in [0.25, 0.3) is 0 Å². The molecule has 8 heteroatoms. The molecular formula is C13H23BrN2O2S3. The number of thiophene rings is 1. The molecule has 0 saturated heterocycles. The van der Waals surface area contributed by atoms with Crippen LogP contribution < -0.4 is 10.0 Å². The predicted octanol–water partition coefficient (Wildman–Crippen LogP) is 3.29. The van der Waals surface area contributed by atoms with Crippen molar-refractivity contribution in [3.05, 3.63) is 14.7 Å². The van der Waals surface area contributed by atoms with E-state index in [-0.39, 0.29) is 0 Å². The molecule has 1 atom stereocenters. The summed E-state index contributed by atoms with van der Waals surface area (Å²) in [5.41, 5.74) is 0. The largest absolute Gasteiger partial charge is 0.312 e. The molecule has 1 unspecified atom stereocenters. The van der Waals surface area contributed by atoms with Gasteiger partial charge in [0, 0.05) is 18.0 Å². The van der Waals surface area contributed by atoms with Crippen molar-refractivity contribution in [2.75, 3.05) is 25.1 Å². The molecule has 0 aromatic carbocycles. The topological polar surface area (TPSA) is 58.2 Å². The van der Waals surface area contributed by atoms with Crippen molar-refractivity contribution in [2.45, 2.75) is 31.7 Å². The lowest BCUT2D eigenvalue weighted by Gasteiger charge is -2.11. The summed E-state index contributed by atoms with van der Waals surface area (Å²) in [4.78, 5) is 1.37. The van der Waals surface area contributed by atoms with Crippen LogP contribution in [0.1, 0.15) is 25.1 Å². The molecular weight excluding hydrogens is 392 g/mol. The highest BCUT2D eigenvalue weighted by Gasteiger charge is 2.21. The number of thioether (sulfide) groups is 1. The van der Waals surface area contributed by atoms with Crippen molar-refractivity contribution in [3.63, 3.8) is 0 Å². The Hall–Kier alpha value is 0.400. The number of sulfonamides is 1. The van der Waals surface area contributed by atoms with Gasteiger partial charge in [0.15, 0.2) is 0 Å². The molecule has 0 fully saturated rings. The molecule has 1 aromatic heterocycles. The Labute approximate surface area is 144 Å². The monoisotopic (exact) mass is 414 g/mol. The van der Waals surface area contributed by atoms with E-state index in [0.717, 1.165) is 23.6 Å². The number of hydrogen-bond donors (Lipinski definition) is 2. The fourth-order valence-electron chi connectivity index (χ4n) is 1.73. The Kier molecular flexibility index (Phi) is 8.82. The minimum Gasteiger partial charge on any atom is -0.312 e. The van der Waals surface area contributed by atoms with Gasteiger partial charge in [0.1, 0.15) is 4.90 Å². The highest BCUT2D eigenvalue weighted by molar-refractivity contribution is 9.11.